The molecule has 3 heterocycles. The van der Waals surface area contributed by atoms with Crippen LogP contribution < -0.4 is 0 Å². The van der Waals surface area contributed by atoms with E-state index in [4.69, 9.17) is 0 Å². The summed E-state index contributed by atoms with van der Waals surface area (Å²) in [6, 6.07) is 13.2. The molecule has 0 saturated carbocycles. The van der Waals surface area contributed by atoms with E-state index in [1.54, 1.807) is 24.3 Å². The van der Waals surface area contributed by atoms with Crippen LogP contribution in [0.25, 0.3) is 26.6 Å². The molecule has 0 radical (unpaired) electrons. The highest BCUT2D eigenvalue weighted by Gasteiger charge is 2.31. The largest absolute Gasteiger partial charge is 0.508 e. The lowest BCUT2D eigenvalue weighted by Gasteiger charge is -2.09. The van der Waals surface area contributed by atoms with Crippen molar-refractivity contribution in [3.05, 3.63) is 83.9 Å². The molecular weight excluding hydrogens is 433 g/mol. The molecule has 0 fully saturated rings. The fourth-order valence-corrected chi connectivity index (χ4v) is 4.46. The molecule has 0 bridgehead atoms. The molecule has 0 aliphatic heterocycles. The van der Waals surface area contributed by atoms with E-state index in [9.17, 15) is 24.5 Å². The van der Waals surface area contributed by atoms with Crippen LogP contribution in [0, 0.1) is 5.82 Å². The number of phenols is 1. The summed E-state index contributed by atoms with van der Waals surface area (Å²) in [6.07, 6.45) is 2.87. The number of ketones is 1. The maximum Gasteiger partial charge on any atom is 0.242 e. The molecule has 5 aromatic rings. The summed E-state index contributed by atoms with van der Waals surface area (Å²) in [4.78, 5) is 21.7. The molecule has 0 aliphatic rings. The minimum absolute atomic E-state index is 0.0101. The lowest BCUT2D eigenvalue weighted by atomic mass is 10.00. The van der Waals surface area contributed by atoms with E-state index in [0.717, 1.165) is 11.3 Å². The molecule has 0 unspecified atom stereocenters. The Bertz CT molecular complexity index is 1480. The van der Waals surface area contributed by atoms with Gasteiger partial charge in [0.25, 0.3) is 0 Å². The highest BCUT2D eigenvalue weighted by Crippen LogP contribution is 2.45. The van der Waals surface area contributed by atoms with Gasteiger partial charge in [-0.2, -0.15) is 0 Å². The lowest BCUT2D eigenvalue weighted by Crippen LogP contribution is -2.05. The van der Waals surface area contributed by atoms with E-state index in [0.29, 0.717) is 15.8 Å². The number of carbonyl (C=O) groups excluding carboxylic acids is 1. The van der Waals surface area contributed by atoms with Gasteiger partial charge in [-0.1, -0.05) is 11.3 Å². The van der Waals surface area contributed by atoms with Crippen molar-refractivity contribution < 1.29 is 24.5 Å². The van der Waals surface area contributed by atoms with Crippen LogP contribution in [0.3, 0.4) is 0 Å². The fraction of sp³-hybridized carbons (Fsp3) is 0. The predicted octanol–water partition coefficient (Wildman–Crippen LogP) is 4.64. The molecule has 0 spiro atoms. The number of hydrogen-bond acceptors (Lipinski definition) is 7. The number of benzene rings is 2. The predicted molar refractivity (Wildman–Crippen MR) is 117 cm³/mol. The molecule has 9 heteroatoms. The van der Waals surface area contributed by atoms with E-state index < -0.39 is 23.2 Å². The van der Waals surface area contributed by atoms with Gasteiger partial charge in [-0.05, 0) is 60.2 Å². The Kier molecular flexibility index (Phi) is 4.60. The van der Waals surface area contributed by atoms with Gasteiger partial charge in [-0.15, -0.1) is 0 Å². The summed E-state index contributed by atoms with van der Waals surface area (Å²) in [6.45, 7) is 0. The second-order valence-corrected chi connectivity index (χ2v) is 7.97. The number of halogens is 1. The minimum atomic E-state index is -0.618. The molecule has 158 valence electrons. The standard InChI is InChI=1S/C23H14FN3O4S/c24-14-5-8-16-17(10-14)32-23(26-16)27-19(12-3-6-15(28)7-4-12)18(21(30)22(27)31)20(29)13-2-1-9-25-11-13/h1-11,28,30-31H. The average molecular weight is 447 g/mol. The molecule has 3 aromatic heterocycles. The van der Waals surface area contributed by atoms with Gasteiger partial charge < -0.3 is 15.3 Å². The van der Waals surface area contributed by atoms with Crippen LogP contribution in [-0.4, -0.2) is 35.6 Å². The van der Waals surface area contributed by atoms with Gasteiger partial charge in [0.05, 0.1) is 21.5 Å². The molecule has 2 aromatic carbocycles. The summed E-state index contributed by atoms with van der Waals surface area (Å²) in [5, 5.41) is 31.5. The van der Waals surface area contributed by atoms with Crippen molar-refractivity contribution in [3.8, 4) is 33.8 Å². The van der Waals surface area contributed by atoms with Gasteiger partial charge >= 0.3 is 0 Å². The van der Waals surface area contributed by atoms with E-state index in [-0.39, 0.29) is 27.7 Å². The molecular formula is C23H14FN3O4S. The molecule has 0 atom stereocenters. The van der Waals surface area contributed by atoms with Crippen LogP contribution in [-0.2, 0) is 0 Å². The number of phenolic OH excluding ortho intramolecular Hbond substituents is 1. The summed E-state index contributed by atoms with van der Waals surface area (Å²) in [7, 11) is 0. The number of aromatic hydroxyl groups is 3. The maximum absolute atomic E-state index is 13.7. The van der Waals surface area contributed by atoms with Crippen molar-refractivity contribution in [2.75, 3.05) is 0 Å². The Morgan fingerprint density at radius 1 is 1.03 bits per heavy atom. The van der Waals surface area contributed by atoms with Crippen molar-refractivity contribution in [1.29, 1.82) is 0 Å². The molecule has 0 saturated heterocycles. The number of carbonyl (C=O) groups is 1. The molecule has 32 heavy (non-hydrogen) atoms. The third-order valence-electron chi connectivity index (χ3n) is 4.94. The average Bonchev–Trinajstić information content (AvgIpc) is 3.32. The zero-order valence-corrected chi connectivity index (χ0v) is 17.0. The van der Waals surface area contributed by atoms with Crippen molar-refractivity contribution in [1.82, 2.24) is 14.5 Å². The van der Waals surface area contributed by atoms with Gasteiger partial charge in [0.2, 0.25) is 11.7 Å². The Morgan fingerprint density at radius 2 is 1.81 bits per heavy atom. The first kappa shape index (κ1) is 19.7. The van der Waals surface area contributed by atoms with E-state index >= 15 is 0 Å². The Morgan fingerprint density at radius 3 is 2.53 bits per heavy atom. The number of fused-ring (bicyclic) bond motifs is 1. The van der Waals surface area contributed by atoms with Crippen molar-refractivity contribution in [2.24, 2.45) is 0 Å². The van der Waals surface area contributed by atoms with Crippen LogP contribution in [0.15, 0.2) is 67.0 Å². The van der Waals surface area contributed by atoms with E-state index in [1.807, 2.05) is 0 Å². The first-order valence-corrected chi connectivity index (χ1v) is 10.2. The zero-order valence-electron chi connectivity index (χ0n) is 16.2. The van der Waals surface area contributed by atoms with Crippen LogP contribution in [0.2, 0.25) is 0 Å². The van der Waals surface area contributed by atoms with Gasteiger partial charge in [0.1, 0.15) is 11.6 Å². The van der Waals surface area contributed by atoms with Crippen molar-refractivity contribution in [2.45, 2.75) is 0 Å². The van der Waals surface area contributed by atoms with Gasteiger partial charge in [0, 0.05) is 18.0 Å². The SMILES string of the molecule is O=C(c1cccnc1)c1c(O)c(O)n(-c2nc3ccc(F)cc3s2)c1-c1ccc(O)cc1. The topological polar surface area (TPSA) is 108 Å². The second kappa shape index (κ2) is 7.47. The molecule has 0 aliphatic carbocycles. The van der Waals surface area contributed by atoms with Gasteiger partial charge in [-0.25, -0.2) is 9.37 Å². The smallest absolute Gasteiger partial charge is 0.242 e. The molecule has 7 nitrogen and oxygen atoms in total. The van der Waals surface area contributed by atoms with Crippen LogP contribution in [0.4, 0.5) is 4.39 Å². The lowest BCUT2D eigenvalue weighted by molar-refractivity contribution is 0.103. The molecule has 0 amide bonds. The number of nitrogens with zero attached hydrogens (tertiary/aromatic N) is 3. The second-order valence-electron chi connectivity index (χ2n) is 6.96. The number of thiazole rings is 1. The van der Waals surface area contributed by atoms with Gasteiger partial charge in [0.15, 0.2) is 10.9 Å². The Balaban J connectivity index is 1.81. The first-order valence-electron chi connectivity index (χ1n) is 9.41. The first-order chi connectivity index (χ1) is 15.4. The number of aromatic nitrogens is 3. The quantitative estimate of drug-likeness (QED) is 0.347. The number of rotatable bonds is 4. The van der Waals surface area contributed by atoms with E-state index in [1.165, 1.54) is 47.3 Å². The maximum atomic E-state index is 13.7. The minimum Gasteiger partial charge on any atom is -0.508 e. The summed E-state index contributed by atoms with van der Waals surface area (Å²) < 4.78 is 15.5. The van der Waals surface area contributed by atoms with Crippen LogP contribution in [0.1, 0.15) is 15.9 Å². The summed E-state index contributed by atoms with van der Waals surface area (Å²) in [5.41, 5.74) is 1.18. The third kappa shape index (κ3) is 3.15. The molecule has 3 N–H and O–H groups in total. The highest BCUT2D eigenvalue weighted by atomic mass is 32.1. The van der Waals surface area contributed by atoms with Crippen molar-refractivity contribution >= 4 is 27.3 Å². The summed E-state index contributed by atoms with van der Waals surface area (Å²) in [5.74, 6) is -2.18. The Hall–Kier alpha value is -4.24. The van der Waals surface area contributed by atoms with Gasteiger partial charge in [-0.3, -0.25) is 14.3 Å². The normalized spacial score (nSPS) is 11.2. The zero-order chi connectivity index (χ0) is 22.4. The monoisotopic (exact) mass is 447 g/mol. The number of pyridine rings is 1. The third-order valence-corrected chi connectivity index (χ3v) is 5.95. The highest BCUT2D eigenvalue weighted by molar-refractivity contribution is 7.20. The van der Waals surface area contributed by atoms with Crippen molar-refractivity contribution in [3.63, 3.8) is 0 Å². The van der Waals surface area contributed by atoms with E-state index in [2.05, 4.69) is 9.97 Å². The fourth-order valence-electron chi connectivity index (χ4n) is 3.46. The number of hydrogen-bond donors (Lipinski definition) is 3. The molecule has 5 rings (SSSR count). The van der Waals surface area contributed by atoms with Crippen LogP contribution in [0.5, 0.6) is 17.4 Å². The van der Waals surface area contributed by atoms with Crippen LogP contribution >= 0.6 is 11.3 Å². The summed E-state index contributed by atoms with van der Waals surface area (Å²) >= 11 is 1.09. The Labute approximate surface area is 184 Å².